The van der Waals surface area contributed by atoms with Crippen molar-refractivity contribution in [3.05, 3.63) is 89.7 Å². The predicted molar refractivity (Wildman–Crippen MR) is 158 cm³/mol. The van der Waals surface area contributed by atoms with Crippen molar-refractivity contribution in [2.45, 2.75) is 51.6 Å². The van der Waals surface area contributed by atoms with E-state index in [1.807, 2.05) is 20.8 Å². The monoisotopic (exact) mass is 583 g/mol. The Hall–Kier alpha value is -3.92. The second kappa shape index (κ2) is 14.1. The van der Waals surface area contributed by atoms with Crippen molar-refractivity contribution in [1.29, 1.82) is 0 Å². The Balaban J connectivity index is 2.03. The Bertz CT molecular complexity index is 1410. The van der Waals surface area contributed by atoms with Gasteiger partial charge in [-0.15, -0.1) is 0 Å². The van der Waals surface area contributed by atoms with Crippen molar-refractivity contribution in [2.24, 2.45) is 5.92 Å². The maximum absolute atomic E-state index is 14.0. The summed E-state index contributed by atoms with van der Waals surface area (Å²) in [6.07, 6.45) is 0.298. The Labute approximate surface area is 242 Å². The Morgan fingerprint density at radius 3 is 2.10 bits per heavy atom. The van der Waals surface area contributed by atoms with Gasteiger partial charge in [0.25, 0.3) is 10.0 Å². The van der Waals surface area contributed by atoms with Gasteiger partial charge in [-0.2, -0.15) is 0 Å². The highest BCUT2D eigenvalue weighted by atomic mass is 32.2. The molecule has 220 valence electrons. The molecule has 1 N–H and O–H groups in total. The maximum Gasteiger partial charge on any atom is 0.264 e. The van der Waals surface area contributed by atoms with Gasteiger partial charge >= 0.3 is 0 Å². The molecule has 0 aliphatic heterocycles. The van der Waals surface area contributed by atoms with Crippen molar-refractivity contribution < 1.29 is 27.1 Å². The number of anilines is 1. The predicted octanol–water partition coefficient (Wildman–Crippen LogP) is 4.92. The fraction of sp³-hybridized carbons (Fsp3) is 0.355. The number of aryl methyl sites for hydroxylation is 1. The van der Waals surface area contributed by atoms with Crippen LogP contribution in [0.4, 0.5) is 10.1 Å². The normalized spacial score (nSPS) is 12.1. The average Bonchev–Trinajstić information content (AvgIpc) is 2.96. The van der Waals surface area contributed by atoms with Gasteiger partial charge in [0.15, 0.2) is 0 Å². The molecule has 0 heterocycles. The van der Waals surface area contributed by atoms with Crippen LogP contribution in [0.15, 0.2) is 77.7 Å². The highest BCUT2D eigenvalue weighted by molar-refractivity contribution is 7.92. The minimum atomic E-state index is -4.19. The number of nitrogens with one attached hydrogen (secondary N) is 1. The van der Waals surface area contributed by atoms with Crippen LogP contribution in [0.3, 0.4) is 0 Å². The molecule has 0 spiro atoms. The molecule has 0 aliphatic rings. The van der Waals surface area contributed by atoms with Crippen molar-refractivity contribution in [1.82, 2.24) is 10.2 Å². The van der Waals surface area contributed by atoms with Crippen LogP contribution in [0.1, 0.15) is 38.3 Å². The number of hydrogen-bond acceptors (Lipinski definition) is 5. The second-order valence-corrected chi connectivity index (χ2v) is 12.1. The summed E-state index contributed by atoms with van der Waals surface area (Å²) in [4.78, 5) is 28.6. The first-order valence-corrected chi connectivity index (χ1v) is 14.9. The standard InChI is InChI=1S/C31H38FN3O5S/c1-6-29(31(37)33-19-22(2)3)34(20-24-9-11-25(32)12-10-24)30(36)21-35(26-13-7-23(4)8-14-26)41(38,39)28-17-15-27(40-5)16-18-28/h7-18,22,29H,6,19-21H2,1-5H3,(H,33,37)/t29-/m0/s1. The summed E-state index contributed by atoms with van der Waals surface area (Å²) >= 11 is 0. The topological polar surface area (TPSA) is 96.0 Å². The number of rotatable bonds is 13. The summed E-state index contributed by atoms with van der Waals surface area (Å²) in [6, 6.07) is 17.5. The van der Waals surface area contributed by atoms with E-state index in [-0.39, 0.29) is 23.3 Å². The fourth-order valence-electron chi connectivity index (χ4n) is 4.24. The van der Waals surface area contributed by atoms with Crippen LogP contribution in [-0.4, -0.2) is 51.4 Å². The summed E-state index contributed by atoms with van der Waals surface area (Å²) in [5.41, 5.74) is 1.83. The SMILES string of the molecule is CC[C@@H](C(=O)NCC(C)C)N(Cc1ccc(F)cc1)C(=O)CN(c1ccc(C)cc1)S(=O)(=O)c1ccc(OC)cc1. The van der Waals surface area contributed by atoms with Crippen molar-refractivity contribution in [2.75, 3.05) is 24.5 Å². The van der Waals surface area contributed by atoms with Gasteiger partial charge in [-0.25, -0.2) is 12.8 Å². The minimum Gasteiger partial charge on any atom is -0.497 e. The van der Waals surface area contributed by atoms with E-state index in [1.54, 1.807) is 43.3 Å². The maximum atomic E-state index is 14.0. The summed E-state index contributed by atoms with van der Waals surface area (Å²) in [5, 5.41) is 2.88. The molecule has 3 aromatic carbocycles. The highest BCUT2D eigenvalue weighted by Crippen LogP contribution is 2.26. The van der Waals surface area contributed by atoms with E-state index in [1.165, 1.54) is 48.4 Å². The van der Waals surface area contributed by atoms with Crippen LogP contribution in [-0.2, 0) is 26.2 Å². The molecular formula is C31H38FN3O5S. The van der Waals surface area contributed by atoms with Gasteiger partial charge in [-0.1, -0.05) is 50.6 Å². The van der Waals surface area contributed by atoms with E-state index in [9.17, 15) is 22.4 Å². The van der Waals surface area contributed by atoms with E-state index < -0.39 is 34.3 Å². The van der Waals surface area contributed by atoms with Gasteiger partial charge in [-0.3, -0.25) is 13.9 Å². The Kier molecular flexibility index (Phi) is 10.9. The van der Waals surface area contributed by atoms with Gasteiger partial charge in [0.1, 0.15) is 24.2 Å². The lowest BCUT2D eigenvalue weighted by Crippen LogP contribution is -2.52. The fourth-order valence-corrected chi connectivity index (χ4v) is 5.66. The molecule has 0 saturated carbocycles. The van der Waals surface area contributed by atoms with Crippen molar-refractivity contribution >= 4 is 27.5 Å². The number of benzene rings is 3. The summed E-state index contributed by atoms with van der Waals surface area (Å²) < 4.78 is 47.7. The molecule has 0 saturated heterocycles. The summed E-state index contributed by atoms with van der Waals surface area (Å²) in [5.74, 6) is -0.644. The largest absolute Gasteiger partial charge is 0.497 e. The van der Waals surface area contributed by atoms with Gasteiger partial charge < -0.3 is 15.0 Å². The number of nitrogens with zero attached hydrogens (tertiary/aromatic N) is 2. The Morgan fingerprint density at radius 1 is 0.951 bits per heavy atom. The van der Waals surface area contributed by atoms with E-state index in [0.29, 0.717) is 30.0 Å². The number of sulfonamides is 1. The number of ether oxygens (including phenoxy) is 1. The van der Waals surface area contributed by atoms with Gasteiger partial charge in [0.05, 0.1) is 17.7 Å². The van der Waals surface area contributed by atoms with E-state index in [0.717, 1.165) is 9.87 Å². The van der Waals surface area contributed by atoms with Crippen molar-refractivity contribution in [3.8, 4) is 5.75 Å². The van der Waals surface area contributed by atoms with Crippen LogP contribution in [0.2, 0.25) is 0 Å². The third-order valence-electron chi connectivity index (χ3n) is 6.58. The molecule has 8 nitrogen and oxygen atoms in total. The molecular weight excluding hydrogens is 545 g/mol. The van der Waals surface area contributed by atoms with Gasteiger partial charge in [0, 0.05) is 13.1 Å². The molecule has 10 heteroatoms. The number of halogens is 1. The third-order valence-corrected chi connectivity index (χ3v) is 8.37. The minimum absolute atomic E-state index is 0.00294. The van der Waals surface area contributed by atoms with Crippen LogP contribution >= 0.6 is 0 Å². The second-order valence-electron chi connectivity index (χ2n) is 10.2. The summed E-state index contributed by atoms with van der Waals surface area (Å²) in [7, 11) is -2.71. The number of carbonyl (C=O) groups excluding carboxylic acids is 2. The number of carbonyl (C=O) groups is 2. The molecule has 0 bridgehead atoms. The van der Waals surface area contributed by atoms with E-state index in [2.05, 4.69) is 5.32 Å². The lowest BCUT2D eigenvalue weighted by atomic mass is 10.1. The molecule has 0 aromatic heterocycles. The third kappa shape index (κ3) is 8.29. The quantitative estimate of drug-likeness (QED) is 0.308. The zero-order valence-electron chi connectivity index (χ0n) is 24.1. The zero-order chi connectivity index (χ0) is 30.2. The molecule has 0 radical (unpaired) electrons. The number of hydrogen-bond donors (Lipinski definition) is 1. The lowest BCUT2D eigenvalue weighted by Gasteiger charge is -2.33. The average molecular weight is 584 g/mol. The molecule has 0 unspecified atom stereocenters. The van der Waals surface area contributed by atoms with Crippen LogP contribution in [0, 0.1) is 18.7 Å². The first kappa shape index (κ1) is 31.6. The van der Waals surface area contributed by atoms with Gasteiger partial charge in [0.2, 0.25) is 11.8 Å². The Morgan fingerprint density at radius 2 is 1.56 bits per heavy atom. The molecule has 41 heavy (non-hydrogen) atoms. The smallest absolute Gasteiger partial charge is 0.264 e. The first-order chi connectivity index (χ1) is 19.5. The van der Waals surface area contributed by atoms with Gasteiger partial charge in [-0.05, 0) is 73.4 Å². The zero-order valence-corrected chi connectivity index (χ0v) is 24.9. The van der Waals surface area contributed by atoms with Crippen molar-refractivity contribution in [3.63, 3.8) is 0 Å². The van der Waals surface area contributed by atoms with E-state index >= 15 is 0 Å². The van der Waals surface area contributed by atoms with Crippen LogP contribution in [0.5, 0.6) is 5.75 Å². The molecule has 3 rings (SSSR count). The first-order valence-electron chi connectivity index (χ1n) is 13.5. The number of amides is 2. The lowest BCUT2D eigenvalue weighted by molar-refractivity contribution is -0.140. The summed E-state index contributed by atoms with van der Waals surface area (Å²) in [6.45, 7) is 7.47. The molecule has 0 aliphatic carbocycles. The highest BCUT2D eigenvalue weighted by Gasteiger charge is 2.33. The molecule has 2 amide bonds. The molecule has 3 aromatic rings. The van der Waals surface area contributed by atoms with E-state index in [4.69, 9.17) is 4.74 Å². The molecule has 0 fully saturated rings. The molecule has 1 atom stereocenters. The number of methoxy groups -OCH3 is 1. The van der Waals surface area contributed by atoms with Crippen LogP contribution < -0.4 is 14.4 Å². The van der Waals surface area contributed by atoms with Crippen LogP contribution in [0.25, 0.3) is 0 Å².